The summed E-state index contributed by atoms with van der Waals surface area (Å²) in [5, 5.41) is 8.86. The Balaban J connectivity index is 1.99. The number of anilines is 1. The monoisotopic (exact) mass is 387 g/mol. The molecule has 0 aliphatic carbocycles. The van der Waals surface area contributed by atoms with Gasteiger partial charge in [0, 0.05) is 31.9 Å². The van der Waals surface area contributed by atoms with Gasteiger partial charge in [-0.15, -0.1) is 0 Å². The first-order chi connectivity index (χ1) is 12.2. The molecule has 1 saturated heterocycles. The maximum Gasteiger partial charge on any atom is 0.247 e. The SMILES string of the molecule is CC(C)CC(CS(=O)(=O)N1CCN(c2ccc(F)cc2)CC1)C(=O)NO. The highest BCUT2D eigenvalue weighted by molar-refractivity contribution is 7.89. The molecule has 2 rings (SSSR count). The lowest BCUT2D eigenvalue weighted by Gasteiger charge is -2.36. The van der Waals surface area contributed by atoms with Crippen LogP contribution in [0.15, 0.2) is 24.3 Å². The molecular formula is C17H26FN3O4S. The van der Waals surface area contributed by atoms with E-state index in [0.717, 1.165) is 5.69 Å². The van der Waals surface area contributed by atoms with Gasteiger partial charge in [0.15, 0.2) is 0 Å². The molecule has 9 heteroatoms. The average Bonchev–Trinajstić information content (AvgIpc) is 2.60. The number of nitrogens with zero attached hydrogens (tertiary/aromatic N) is 2. The summed E-state index contributed by atoms with van der Waals surface area (Å²) in [6.45, 7) is 5.37. The molecule has 26 heavy (non-hydrogen) atoms. The number of sulfonamides is 1. The van der Waals surface area contributed by atoms with E-state index in [1.54, 1.807) is 17.6 Å². The second-order valence-corrected chi connectivity index (χ2v) is 8.96. The van der Waals surface area contributed by atoms with E-state index in [9.17, 15) is 17.6 Å². The van der Waals surface area contributed by atoms with Crippen LogP contribution in [-0.4, -0.2) is 55.8 Å². The van der Waals surface area contributed by atoms with Crippen molar-refractivity contribution in [1.29, 1.82) is 0 Å². The van der Waals surface area contributed by atoms with Gasteiger partial charge in [-0.05, 0) is 36.6 Å². The molecule has 1 atom stereocenters. The molecule has 1 unspecified atom stereocenters. The summed E-state index contributed by atoms with van der Waals surface area (Å²) in [6, 6.07) is 6.10. The minimum atomic E-state index is -3.62. The van der Waals surface area contributed by atoms with Crippen molar-refractivity contribution >= 4 is 21.6 Å². The van der Waals surface area contributed by atoms with Gasteiger partial charge in [-0.3, -0.25) is 10.0 Å². The van der Waals surface area contributed by atoms with Crippen molar-refractivity contribution in [2.24, 2.45) is 11.8 Å². The van der Waals surface area contributed by atoms with Crippen LogP contribution < -0.4 is 10.4 Å². The van der Waals surface area contributed by atoms with Crippen LogP contribution >= 0.6 is 0 Å². The lowest BCUT2D eigenvalue weighted by molar-refractivity contribution is -0.133. The smallest absolute Gasteiger partial charge is 0.247 e. The second-order valence-electron chi connectivity index (χ2n) is 6.94. The predicted octanol–water partition coefficient (Wildman–Crippen LogP) is 1.45. The standard InChI is InChI=1S/C17H26FN3O4S/c1-13(2)11-14(17(22)19-23)12-26(24,25)21-9-7-20(8-10-21)16-5-3-15(18)4-6-16/h3-6,13-14,23H,7-12H2,1-2H3,(H,19,22). The third-order valence-electron chi connectivity index (χ3n) is 4.47. The topological polar surface area (TPSA) is 90.0 Å². The Labute approximate surface area is 153 Å². The number of piperazine rings is 1. The van der Waals surface area contributed by atoms with Crippen LogP contribution in [0.5, 0.6) is 0 Å². The average molecular weight is 387 g/mol. The summed E-state index contributed by atoms with van der Waals surface area (Å²) in [5.41, 5.74) is 2.42. The van der Waals surface area contributed by atoms with Gasteiger partial charge in [0.2, 0.25) is 15.9 Å². The number of benzene rings is 1. The summed E-state index contributed by atoms with van der Waals surface area (Å²) in [5.74, 6) is -1.97. The van der Waals surface area contributed by atoms with E-state index in [1.807, 2.05) is 18.7 Å². The van der Waals surface area contributed by atoms with Crippen LogP contribution in [0.1, 0.15) is 20.3 Å². The van der Waals surface area contributed by atoms with E-state index in [1.165, 1.54) is 16.4 Å². The molecule has 1 aromatic rings. The Bertz CT molecular complexity index is 701. The zero-order chi connectivity index (χ0) is 19.3. The highest BCUT2D eigenvalue weighted by atomic mass is 32.2. The fraction of sp³-hybridized carbons (Fsp3) is 0.588. The Hall–Kier alpha value is -1.71. The highest BCUT2D eigenvalue weighted by Gasteiger charge is 2.32. The van der Waals surface area contributed by atoms with Gasteiger partial charge in [0.25, 0.3) is 0 Å². The summed E-state index contributed by atoms with van der Waals surface area (Å²) >= 11 is 0. The van der Waals surface area contributed by atoms with E-state index in [2.05, 4.69) is 0 Å². The Morgan fingerprint density at radius 3 is 2.27 bits per heavy atom. The largest absolute Gasteiger partial charge is 0.369 e. The molecule has 1 aliphatic rings. The molecule has 2 N–H and O–H groups in total. The van der Waals surface area contributed by atoms with Crippen molar-refractivity contribution in [3.05, 3.63) is 30.1 Å². The lowest BCUT2D eigenvalue weighted by atomic mass is 9.98. The van der Waals surface area contributed by atoms with E-state index in [-0.39, 0.29) is 17.5 Å². The fourth-order valence-electron chi connectivity index (χ4n) is 3.15. The fourth-order valence-corrected chi connectivity index (χ4v) is 4.87. The zero-order valence-electron chi connectivity index (χ0n) is 15.1. The number of hydroxylamine groups is 1. The van der Waals surface area contributed by atoms with E-state index < -0.39 is 21.8 Å². The molecular weight excluding hydrogens is 361 g/mol. The van der Waals surface area contributed by atoms with Gasteiger partial charge in [-0.25, -0.2) is 18.3 Å². The molecule has 0 spiro atoms. The Morgan fingerprint density at radius 1 is 1.19 bits per heavy atom. The molecule has 0 bridgehead atoms. The Kier molecular flexibility index (Phi) is 6.96. The Morgan fingerprint density at radius 2 is 1.77 bits per heavy atom. The first kappa shape index (κ1) is 20.6. The molecule has 0 aromatic heterocycles. The summed E-state index contributed by atoms with van der Waals surface area (Å²) < 4.78 is 39.8. The van der Waals surface area contributed by atoms with Gasteiger partial charge < -0.3 is 4.90 Å². The molecule has 1 aliphatic heterocycles. The van der Waals surface area contributed by atoms with Gasteiger partial charge >= 0.3 is 0 Å². The van der Waals surface area contributed by atoms with Gasteiger partial charge in [-0.1, -0.05) is 13.8 Å². The summed E-state index contributed by atoms with van der Waals surface area (Å²) in [4.78, 5) is 13.8. The maximum atomic E-state index is 13.0. The van der Waals surface area contributed by atoms with Crippen LogP contribution in [0, 0.1) is 17.7 Å². The van der Waals surface area contributed by atoms with Crippen molar-refractivity contribution in [2.75, 3.05) is 36.8 Å². The normalized spacial score (nSPS) is 17.3. The lowest BCUT2D eigenvalue weighted by Crippen LogP contribution is -2.50. The van der Waals surface area contributed by atoms with Crippen LogP contribution in [0.4, 0.5) is 10.1 Å². The van der Waals surface area contributed by atoms with Crippen LogP contribution in [0.3, 0.4) is 0 Å². The number of amides is 1. The minimum absolute atomic E-state index is 0.128. The second kappa shape index (κ2) is 8.79. The van der Waals surface area contributed by atoms with Gasteiger partial charge in [0.1, 0.15) is 5.82 Å². The van der Waals surface area contributed by atoms with Crippen molar-refractivity contribution in [2.45, 2.75) is 20.3 Å². The number of carbonyl (C=O) groups excluding carboxylic acids is 1. The van der Waals surface area contributed by atoms with E-state index in [4.69, 9.17) is 5.21 Å². The third-order valence-corrected chi connectivity index (χ3v) is 6.45. The first-order valence-electron chi connectivity index (χ1n) is 8.65. The highest BCUT2D eigenvalue weighted by Crippen LogP contribution is 2.21. The molecule has 1 amide bonds. The zero-order valence-corrected chi connectivity index (χ0v) is 15.9. The number of halogens is 1. The quantitative estimate of drug-likeness (QED) is 0.546. The van der Waals surface area contributed by atoms with Crippen LogP contribution in [0.25, 0.3) is 0 Å². The molecule has 1 heterocycles. The predicted molar refractivity (Wildman–Crippen MR) is 96.8 cm³/mol. The number of hydrogen-bond acceptors (Lipinski definition) is 5. The molecule has 146 valence electrons. The van der Waals surface area contributed by atoms with Crippen LogP contribution in [0.2, 0.25) is 0 Å². The maximum absolute atomic E-state index is 13.0. The van der Waals surface area contributed by atoms with E-state index in [0.29, 0.717) is 32.6 Å². The summed E-state index contributed by atoms with van der Waals surface area (Å²) in [6.07, 6.45) is 0.376. The molecule has 0 saturated carbocycles. The summed E-state index contributed by atoms with van der Waals surface area (Å²) in [7, 11) is -3.62. The number of hydrogen-bond donors (Lipinski definition) is 2. The van der Waals surface area contributed by atoms with Crippen molar-refractivity contribution < 1.29 is 22.8 Å². The number of carbonyl (C=O) groups is 1. The van der Waals surface area contributed by atoms with Crippen molar-refractivity contribution in [3.63, 3.8) is 0 Å². The van der Waals surface area contributed by atoms with Gasteiger partial charge in [-0.2, -0.15) is 4.31 Å². The molecule has 1 fully saturated rings. The van der Waals surface area contributed by atoms with Gasteiger partial charge in [0.05, 0.1) is 11.7 Å². The van der Waals surface area contributed by atoms with Crippen molar-refractivity contribution in [3.8, 4) is 0 Å². The molecule has 1 aromatic carbocycles. The molecule has 0 radical (unpaired) electrons. The molecule has 7 nitrogen and oxygen atoms in total. The number of rotatable bonds is 7. The van der Waals surface area contributed by atoms with Crippen molar-refractivity contribution in [1.82, 2.24) is 9.79 Å². The van der Waals surface area contributed by atoms with Crippen LogP contribution in [-0.2, 0) is 14.8 Å². The first-order valence-corrected chi connectivity index (χ1v) is 10.3. The number of nitrogens with one attached hydrogen (secondary N) is 1. The minimum Gasteiger partial charge on any atom is -0.369 e. The third kappa shape index (κ3) is 5.39. The van der Waals surface area contributed by atoms with E-state index >= 15 is 0 Å².